The molecule has 0 aromatic carbocycles. The molecule has 0 amide bonds. The monoisotopic (exact) mass is 268 g/mol. The quantitative estimate of drug-likeness (QED) is 0.819. The van der Waals surface area contributed by atoms with Crippen LogP contribution >= 0.6 is 0 Å². The van der Waals surface area contributed by atoms with Gasteiger partial charge in [0.1, 0.15) is 0 Å². The number of hydrogen-bond donors (Lipinski definition) is 1. The van der Waals surface area contributed by atoms with E-state index in [1.165, 1.54) is 0 Å². The molecule has 2 heterocycles. The van der Waals surface area contributed by atoms with Gasteiger partial charge in [0.2, 0.25) is 5.89 Å². The number of ether oxygens (including phenoxy) is 1. The van der Waals surface area contributed by atoms with E-state index in [1.807, 2.05) is 7.05 Å². The minimum atomic E-state index is 0.251. The summed E-state index contributed by atoms with van der Waals surface area (Å²) in [5, 5.41) is 7.20. The Morgan fingerprint density at radius 3 is 3.05 bits per heavy atom. The molecule has 1 fully saturated rings. The van der Waals surface area contributed by atoms with Gasteiger partial charge in [-0.25, -0.2) is 0 Å². The van der Waals surface area contributed by atoms with Crippen LogP contribution in [0.2, 0.25) is 0 Å². The molecule has 0 saturated carbocycles. The van der Waals surface area contributed by atoms with Gasteiger partial charge in [0.25, 0.3) is 0 Å². The number of morpholine rings is 1. The molecule has 0 aliphatic carbocycles. The third kappa shape index (κ3) is 4.56. The second-order valence-electron chi connectivity index (χ2n) is 5.49. The van der Waals surface area contributed by atoms with Gasteiger partial charge in [-0.05, 0) is 13.0 Å². The maximum Gasteiger partial charge on any atom is 0.226 e. The summed E-state index contributed by atoms with van der Waals surface area (Å²) in [6.45, 7) is 8.51. The Kier molecular flexibility index (Phi) is 5.30. The molecule has 19 heavy (non-hydrogen) atoms. The Hall–Kier alpha value is -0.980. The van der Waals surface area contributed by atoms with Crippen LogP contribution in [0.1, 0.15) is 25.6 Å². The van der Waals surface area contributed by atoms with Crippen LogP contribution in [0.5, 0.6) is 0 Å². The normalized spacial score (nSPS) is 21.2. The average molecular weight is 268 g/mol. The van der Waals surface area contributed by atoms with E-state index in [9.17, 15) is 0 Å². The maximum atomic E-state index is 5.68. The van der Waals surface area contributed by atoms with Crippen molar-refractivity contribution in [1.29, 1.82) is 0 Å². The molecular formula is C13H24N4O2. The second kappa shape index (κ2) is 6.98. The predicted molar refractivity (Wildman–Crippen MR) is 71.8 cm³/mol. The molecule has 0 bridgehead atoms. The van der Waals surface area contributed by atoms with E-state index in [1.54, 1.807) is 0 Å². The summed E-state index contributed by atoms with van der Waals surface area (Å²) in [4.78, 5) is 6.75. The third-order valence-electron chi connectivity index (χ3n) is 3.11. The maximum absolute atomic E-state index is 5.68. The first-order chi connectivity index (χ1) is 9.17. The van der Waals surface area contributed by atoms with Crippen LogP contribution < -0.4 is 5.32 Å². The minimum Gasteiger partial charge on any atom is -0.374 e. The molecule has 2 rings (SSSR count). The molecule has 6 nitrogen and oxygen atoms in total. The molecule has 1 aromatic rings. The zero-order valence-corrected chi connectivity index (χ0v) is 12.1. The van der Waals surface area contributed by atoms with Crippen LogP contribution in [0.25, 0.3) is 0 Å². The molecule has 1 atom stereocenters. The fourth-order valence-corrected chi connectivity index (χ4v) is 2.26. The predicted octanol–water partition coefficient (Wildman–Crippen LogP) is 0.688. The van der Waals surface area contributed by atoms with Gasteiger partial charge in [0.05, 0.1) is 19.3 Å². The van der Waals surface area contributed by atoms with Gasteiger partial charge in [0.15, 0.2) is 5.82 Å². The zero-order chi connectivity index (χ0) is 13.7. The molecule has 6 heteroatoms. The molecule has 0 radical (unpaired) electrons. The fourth-order valence-electron chi connectivity index (χ4n) is 2.26. The number of aromatic nitrogens is 2. The molecule has 1 unspecified atom stereocenters. The van der Waals surface area contributed by atoms with E-state index in [-0.39, 0.29) is 6.10 Å². The number of nitrogens with zero attached hydrogens (tertiary/aromatic N) is 3. The molecule has 0 spiro atoms. The van der Waals surface area contributed by atoms with E-state index in [0.717, 1.165) is 50.9 Å². The zero-order valence-electron chi connectivity index (χ0n) is 12.1. The standard InChI is InChI=1S/C13H24N4O2/c1-10(2)6-13-15-12(16-19-13)9-17-4-5-18-11(8-17)7-14-3/h10-11,14H,4-9H2,1-3H3. The topological polar surface area (TPSA) is 63.4 Å². The van der Waals surface area contributed by atoms with E-state index < -0.39 is 0 Å². The first kappa shape index (κ1) is 14.4. The fraction of sp³-hybridized carbons (Fsp3) is 0.846. The summed E-state index contributed by atoms with van der Waals surface area (Å²) in [6.07, 6.45) is 1.10. The second-order valence-corrected chi connectivity index (χ2v) is 5.49. The van der Waals surface area contributed by atoms with Crippen molar-refractivity contribution >= 4 is 0 Å². The molecule has 1 aliphatic heterocycles. The van der Waals surface area contributed by atoms with E-state index >= 15 is 0 Å². The van der Waals surface area contributed by atoms with Crippen molar-refractivity contribution in [2.45, 2.75) is 32.9 Å². The van der Waals surface area contributed by atoms with Crippen molar-refractivity contribution in [3.63, 3.8) is 0 Å². The average Bonchev–Trinajstić information content (AvgIpc) is 2.76. The summed E-state index contributed by atoms with van der Waals surface area (Å²) < 4.78 is 10.9. The van der Waals surface area contributed by atoms with Gasteiger partial charge < -0.3 is 14.6 Å². The lowest BCUT2D eigenvalue weighted by Crippen LogP contribution is -2.45. The Bertz CT molecular complexity index is 378. The number of rotatable bonds is 6. The van der Waals surface area contributed by atoms with Gasteiger partial charge in [-0.1, -0.05) is 19.0 Å². The van der Waals surface area contributed by atoms with E-state index in [0.29, 0.717) is 5.92 Å². The molecule has 108 valence electrons. The van der Waals surface area contributed by atoms with Crippen molar-refractivity contribution < 1.29 is 9.26 Å². The number of likely N-dealkylation sites (N-methyl/N-ethyl adjacent to an activating group) is 1. The van der Waals surface area contributed by atoms with Crippen LogP contribution in [0.15, 0.2) is 4.52 Å². The molecule has 1 aliphatic rings. The molecule has 1 aromatic heterocycles. The minimum absolute atomic E-state index is 0.251. The molecular weight excluding hydrogens is 244 g/mol. The van der Waals surface area contributed by atoms with Gasteiger partial charge in [-0.15, -0.1) is 0 Å². The summed E-state index contributed by atoms with van der Waals surface area (Å²) in [5.74, 6) is 2.06. The van der Waals surface area contributed by atoms with Crippen LogP contribution in [0, 0.1) is 5.92 Å². The Labute approximate surface area is 114 Å². The van der Waals surface area contributed by atoms with Gasteiger partial charge >= 0.3 is 0 Å². The smallest absolute Gasteiger partial charge is 0.226 e. The first-order valence-corrected chi connectivity index (χ1v) is 6.97. The van der Waals surface area contributed by atoms with Crippen LogP contribution in [-0.2, 0) is 17.7 Å². The van der Waals surface area contributed by atoms with E-state index in [4.69, 9.17) is 9.26 Å². The van der Waals surface area contributed by atoms with Gasteiger partial charge in [-0.2, -0.15) is 4.98 Å². The Morgan fingerprint density at radius 2 is 2.32 bits per heavy atom. The van der Waals surface area contributed by atoms with Crippen molar-refractivity contribution in [1.82, 2.24) is 20.4 Å². The van der Waals surface area contributed by atoms with Crippen LogP contribution in [-0.4, -0.2) is 54.4 Å². The van der Waals surface area contributed by atoms with Crippen molar-refractivity contribution in [2.24, 2.45) is 5.92 Å². The van der Waals surface area contributed by atoms with Crippen LogP contribution in [0.3, 0.4) is 0 Å². The SMILES string of the molecule is CNCC1CN(Cc2noc(CC(C)C)n2)CCO1. The summed E-state index contributed by atoms with van der Waals surface area (Å²) in [5.41, 5.74) is 0. The Morgan fingerprint density at radius 1 is 1.47 bits per heavy atom. The largest absolute Gasteiger partial charge is 0.374 e. The number of nitrogens with one attached hydrogen (secondary N) is 1. The van der Waals surface area contributed by atoms with Crippen LogP contribution in [0.4, 0.5) is 0 Å². The van der Waals surface area contributed by atoms with Crippen molar-refractivity contribution in [3.05, 3.63) is 11.7 Å². The van der Waals surface area contributed by atoms with Gasteiger partial charge in [-0.3, -0.25) is 4.90 Å². The number of hydrogen-bond acceptors (Lipinski definition) is 6. The van der Waals surface area contributed by atoms with Gasteiger partial charge in [0, 0.05) is 26.1 Å². The lowest BCUT2D eigenvalue weighted by Gasteiger charge is -2.31. The highest BCUT2D eigenvalue weighted by atomic mass is 16.5. The Balaban J connectivity index is 1.84. The summed E-state index contributed by atoms with van der Waals surface area (Å²) in [6, 6.07) is 0. The molecule has 1 N–H and O–H groups in total. The summed E-state index contributed by atoms with van der Waals surface area (Å²) in [7, 11) is 1.94. The highest BCUT2D eigenvalue weighted by Crippen LogP contribution is 2.10. The summed E-state index contributed by atoms with van der Waals surface area (Å²) >= 11 is 0. The third-order valence-corrected chi connectivity index (χ3v) is 3.11. The highest BCUT2D eigenvalue weighted by molar-refractivity contribution is 4.88. The van der Waals surface area contributed by atoms with Crippen molar-refractivity contribution in [3.8, 4) is 0 Å². The lowest BCUT2D eigenvalue weighted by atomic mass is 10.1. The van der Waals surface area contributed by atoms with Crippen molar-refractivity contribution in [2.75, 3.05) is 33.3 Å². The highest BCUT2D eigenvalue weighted by Gasteiger charge is 2.21. The first-order valence-electron chi connectivity index (χ1n) is 6.97. The molecule has 1 saturated heterocycles. The lowest BCUT2D eigenvalue weighted by molar-refractivity contribution is -0.0300. The van der Waals surface area contributed by atoms with E-state index in [2.05, 4.69) is 34.2 Å².